The number of aromatic nitrogens is 2. The third kappa shape index (κ3) is 4.69. The Bertz CT molecular complexity index is 1070. The summed E-state index contributed by atoms with van der Waals surface area (Å²) in [7, 11) is 0. The average Bonchev–Trinajstić information content (AvgIpc) is 3.43. The molecule has 0 bridgehead atoms. The molecule has 1 aliphatic rings. The maximum atomic E-state index is 12.5. The third-order valence-corrected chi connectivity index (χ3v) is 5.23. The molecule has 164 valence electrons. The Kier molecular flexibility index (Phi) is 6.60. The van der Waals surface area contributed by atoms with E-state index in [1.165, 1.54) is 10.5 Å². The highest BCUT2D eigenvalue weighted by atomic mass is 16.2. The average molecular weight is 431 g/mol. The van der Waals surface area contributed by atoms with Gasteiger partial charge in [0.25, 0.3) is 11.8 Å². The van der Waals surface area contributed by atoms with E-state index in [1.54, 1.807) is 30.5 Å². The molecular weight excluding hydrogens is 404 g/mol. The molecule has 2 heterocycles. The van der Waals surface area contributed by atoms with E-state index in [9.17, 15) is 9.59 Å². The minimum atomic E-state index is -0.243. The number of aliphatic imine (C=N–C) groups is 1. The number of nitrogens with zero attached hydrogens (tertiary/aromatic N) is 4. The van der Waals surface area contributed by atoms with E-state index in [4.69, 9.17) is 0 Å². The molecule has 4 rings (SSSR count). The van der Waals surface area contributed by atoms with Crippen LogP contribution in [0, 0.1) is 0 Å². The molecular formula is C24H26N6O2. The van der Waals surface area contributed by atoms with Crippen molar-refractivity contribution in [1.29, 1.82) is 0 Å². The van der Waals surface area contributed by atoms with Crippen LogP contribution in [0.25, 0.3) is 5.69 Å². The second-order valence-electron chi connectivity index (χ2n) is 7.36. The molecule has 0 saturated carbocycles. The maximum absolute atomic E-state index is 12.5. The van der Waals surface area contributed by atoms with Gasteiger partial charge >= 0.3 is 0 Å². The first-order chi connectivity index (χ1) is 15.7. The monoisotopic (exact) mass is 430 g/mol. The Morgan fingerprint density at radius 3 is 2.31 bits per heavy atom. The quantitative estimate of drug-likeness (QED) is 0.325. The summed E-state index contributed by atoms with van der Waals surface area (Å²) >= 11 is 0. The first kappa shape index (κ1) is 21.3. The Morgan fingerprint density at radius 1 is 0.969 bits per heavy atom. The predicted molar refractivity (Wildman–Crippen MR) is 123 cm³/mol. The van der Waals surface area contributed by atoms with Crippen molar-refractivity contribution in [3.05, 3.63) is 83.7 Å². The van der Waals surface area contributed by atoms with Crippen LogP contribution in [0.5, 0.6) is 0 Å². The van der Waals surface area contributed by atoms with Crippen molar-refractivity contribution < 1.29 is 9.59 Å². The molecule has 2 amide bonds. The number of hydrogen-bond donors (Lipinski definition) is 2. The number of hydrogen-bond acceptors (Lipinski definition) is 4. The van der Waals surface area contributed by atoms with Crippen molar-refractivity contribution in [3.63, 3.8) is 0 Å². The first-order valence-electron chi connectivity index (χ1n) is 10.7. The summed E-state index contributed by atoms with van der Waals surface area (Å²) in [5.74, 6) is 0.179. The highest BCUT2D eigenvalue weighted by Gasteiger charge is 2.34. The lowest BCUT2D eigenvalue weighted by Crippen LogP contribution is -2.43. The maximum Gasteiger partial charge on any atom is 0.261 e. The van der Waals surface area contributed by atoms with Gasteiger partial charge in [-0.25, -0.2) is 4.68 Å². The van der Waals surface area contributed by atoms with Crippen LogP contribution in [0.3, 0.4) is 0 Å². The van der Waals surface area contributed by atoms with Gasteiger partial charge < -0.3 is 10.6 Å². The van der Waals surface area contributed by atoms with Gasteiger partial charge in [0.2, 0.25) is 0 Å². The number of fused-ring (bicyclic) bond motifs is 1. The number of benzene rings is 2. The Balaban J connectivity index is 1.28. The third-order valence-electron chi connectivity index (χ3n) is 5.23. The van der Waals surface area contributed by atoms with E-state index in [1.807, 2.05) is 36.0 Å². The van der Waals surface area contributed by atoms with Crippen molar-refractivity contribution in [1.82, 2.24) is 25.3 Å². The number of nitrogens with one attached hydrogen (secondary N) is 2. The van der Waals surface area contributed by atoms with Crippen LogP contribution in [0.2, 0.25) is 0 Å². The summed E-state index contributed by atoms with van der Waals surface area (Å²) in [4.78, 5) is 30.8. The minimum Gasteiger partial charge on any atom is -0.357 e. The fourth-order valence-electron chi connectivity index (χ4n) is 3.60. The summed E-state index contributed by atoms with van der Waals surface area (Å²) in [5.41, 5.74) is 3.14. The normalized spacial score (nSPS) is 13.4. The van der Waals surface area contributed by atoms with Crippen molar-refractivity contribution in [2.45, 2.75) is 13.3 Å². The van der Waals surface area contributed by atoms with E-state index in [-0.39, 0.29) is 18.4 Å². The zero-order chi connectivity index (χ0) is 22.3. The lowest BCUT2D eigenvalue weighted by atomic mass is 10.1. The lowest BCUT2D eigenvalue weighted by molar-refractivity contribution is 0.0657. The van der Waals surface area contributed by atoms with Gasteiger partial charge in [0, 0.05) is 38.6 Å². The molecule has 1 aromatic heterocycles. The molecule has 0 unspecified atom stereocenters. The van der Waals surface area contributed by atoms with Crippen LogP contribution < -0.4 is 10.6 Å². The topological polar surface area (TPSA) is 91.6 Å². The Morgan fingerprint density at radius 2 is 1.69 bits per heavy atom. The number of carbonyl (C=O) groups is 2. The molecule has 32 heavy (non-hydrogen) atoms. The van der Waals surface area contributed by atoms with Gasteiger partial charge in [-0.1, -0.05) is 24.3 Å². The molecule has 8 heteroatoms. The van der Waals surface area contributed by atoms with Crippen molar-refractivity contribution in [2.75, 3.05) is 26.2 Å². The Labute approximate surface area is 187 Å². The standard InChI is InChI=1S/C24H26N6O2/c1-2-25-24(26-14-12-18-8-10-19(11-9-18)30-16-5-13-28-30)27-15-17-29-22(31)20-6-3-4-7-21(20)23(29)32/h3-11,13,16H,2,12,14-15,17H2,1H3,(H2,25,26,27). The lowest BCUT2D eigenvalue weighted by Gasteiger charge is -2.16. The Hall–Kier alpha value is -3.94. The molecule has 8 nitrogen and oxygen atoms in total. The van der Waals surface area contributed by atoms with Gasteiger partial charge in [0.05, 0.1) is 16.8 Å². The minimum absolute atomic E-state index is 0.243. The molecule has 0 fully saturated rings. The summed E-state index contributed by atoms with van der Waals surface area (Å²) < 4.78 is 1.82. The molecule has 0 spiro atoms. The number of imide groups is 1. The smallest absolute Gasteiger partial charge is 0.261 e. The van der Waals surface area contributed by atoms with Gasteiger partial charge in [-0.3, -0.25) is 19.5 Å². The van der Waals surface area contributed by atoms with Crippen LogP contribution in [0.1, 0.15) is 33.2 Å². The second kappa shape index (κ2) is 9.91. The van der Waals surface area contributed by atoms with Gasteiger partial charge in [-0.05, 0) is 49.2 Å². The van der Waals surface area contributed by atoms with E-state index in [2.05, 4.69) is 32.9 Å². The van der Waals surface area contributed by atoms with Crippen molar-refractivity contribution in [3.8, 4) is 5.69 Å². The molecule has 0 radical (unpaired) electrons. The molecule has 0 aliphatic carbocycles. The van der Waals surface area contributed by atoms with Crippen LogP contribution in [-0.4, -0.2) is 58.6 Å². The van der Waals surface area contributed by atoms with Crippen LogP contribution in [0.15, 0.2) is 72.0 Å². The summed E-state index contributed by atoms with van der Waals surface area (Å²) in [6.07, 6.45) is 4.47. The largest absolute Gasteiger partial charge is 0.357 e. The molecule has 2 aromatic carbocycles. The zero-order valence-electron chi connectivity index (χ0n) is 18.0. The number of rotatable bonds is 8. The van der Waals surface area contributed by atoms with Crippen molar-refractivity contribution in [2.24, 2.45) is 4.99 Å². The highest BCUT2D eigenvalue weighted by molar-refractivity contribution is 6.21. The van der Waals surface area contributed by atoms with Crippen LogP contribution in [0.4, 0.5) is 0 Å². The van der Waals surface area contributed by atoms with E-state index in [0.717, 1.165) is 18.7 Å². The van der Waals surface area contributed by atoms with Gasteiger partial charge in [0.15, 0.2) is 5.96 Å². The fourth-order valence-corrected chi connectivity index (χ4v) is 3.60. The summed E-state index contributed by atoms with van der Waals surface area (Å²) in [6.45, 7) is 4.04. The molecule has 2 N–H and O–H groups in total. The van der Waals surface area contributed by atoms with Crippen molar-refractivity contribution >= 4 is 17.8 Å². The summed E-state index contributed by atoms with van der Waals surface area (Å²) in [5, 5.41) is 10.6. The van der Waals surface area contributed by atoms with E-state index < -0.39 is 0 Å². The number of amides is 2. The first-order valence-corrected chi connectivity index (χ1v) is 10.7. The fraction of sp³-hybridized carbons (Fsp3) is 0.250. The van der Waals surface area contributed by atoms with E-state index in [0.29, 0.717) is 30.2 Å². The van der Waals surface area contributed by atoms with Crippen LogP contribution in [-0.2, 0) is 6.42 Å². The highest BCUT2D eigenvalue weighted by Crippen LogP contribution is 2.21. The predicted octanol–water partition coefficient (Wildman–Crippen LogP) is 2.27. The zero-order valence-corrected chi connectivity index (χ0v) is 18.0. The molecule has 0 saturated heterocycles. The van der Waals surface area contributed by atoms with Gasteiger partial charge in [0.1, 0.15) is 0 Å². The second-order valence-corrected chi connectivity index (χ2v) is 7.36. The summed E-state index contributed by atoms with van der Waals surface area (Å²) in [6, 6.07) is 17.1. The number of guanidine groups is 1. The molecule has 1 aliphatic heterocycles. The van der Waals surface area contributed by atoms with Gasteiger partial charge in [-0.15, -0.1) is 0 Å². The van der Waals surface area contributed by atoms with Crippen LogP contribution >= 0.6 is 0 Å². The van der Waals surface area contributed by atoms with E-state index >= 15 is 0 Å². The molecule has 3 aromatic rings. The molecule has 0 atom stereocenters. The van der Waals surface area contributed by atoms with Gasteiger partial charge in [-0.2, -0.15) is 5.10 Å². The number of carbonyl (C=O) groups excluding carboxylic acids is 2. The SMILES string of the molecule is CCNC(=NCCc1ccc(-n2cccn2)cc1)NCCN1C(=O)c2ccccc2C1=O.